The van der Waals surface area contributed by atoms with Crippen molar-refractivity contribution in [1.82, 2.24) is 5.32 Å². The Hall–Kier alpha value is -2.40. The van der Waals surface area contributed by atoms with Crippen LogP contribution in [0.15, 0.2) is 48.5 Å². The molecule has 2 aromatic carbocycles. The number of rotatable bonds is 5. The summed E-state index contributed by atoms with van der Waals surface area (Å²) in [6.07, 6.45) is 1.36. The highest BCUT2D eigenvalue weighted by molar-refractivity contribution is 6.30. The van der Waals surface area contributed by atoms with Crippen LogP contribution in [0.3, 0.4) is 0 Å². The summed E-state index contributed by atoms with van der Waals surface area (Å²) >= 11 is 6.07. The maximum atomic E-state index is 13.7. The number of aliphatic carboxylic acids is 1. The minimum atomic E-state index is -0.864. The zero-order valence-electron chi connectivity index (χ0n) is 14.0. The molecule has 1 aliphatic carbocycles. The maximum Gasteiger partial charge on any atom is 0.306 e. The Balaban J connectivity index is 1.84. The average Bonchev–Trinajstić information content (AvgIpc) is 3.10. The second-order valence-electron chi connectivity index (χ2n) is 6.60. The number of amides is 1. The standard InChI is InChI=1S/C20H19ClFNO3/c21-16-5-1-3-12(10-16)18(13-4-2-6-17(22)11-13)23-19(24)14-7-8-15(9-14)20(25)26/h1-6,10-11,14-15,18H,7-9H2,(H,23,24)(H,25,26)/t14-,15+,18?/m0/s1. The fraction of sp³-hybridized carbons (Fsp3) is 0.300. The lowest BCUT2D eigenvalue weighted by Crippen LogP contribution is -2.34. The number of halogens is 2. The van der Waals surface area contributed by atoms with Gasteiger partial charge in [-0.05, 0) is 54.7 Å². The lowest BCUT2D eigenvalue weighted by molar-refractivity contribution is -0.141. The molecule has 0 aliphatic heterocycles. The van der Waals surface area contributed by atoms with Crippen molar-refractivity contribution in [2.75, 3.05) is 0 Å². The first-order chi connectivity index (χ1) is 12.4. The number of carbonyl (C=O) groups excluding carboxylic acids is 1. The van der Waals surface area contributed by atoms with Gasteiger partial charge in [-0.3, -0.25) is 9.59 Å². The Labute approximate surface area is 156 Å². The van der Waals surface area contributed by atoms with Gasteiger partial charge in [0.15, 0.2) is 0 Å². The molecule has 2 N–H and O–H groups in total. The molecular formula is C20H19ClFNO3. The summed E-state index contributed by atoms with van der Waals surface area (Å²) in [6.45, 7) is 0. The van der Waals surface area contributed by atoms with Gasteiger partial charge in [-0.25, -0.2) is 4.39 Å². The van der Waals surface area contributed by atoms with E-state index in [0.29, 0.717) is 29.8 Å². The third-order valence-corrected chi connectivity index (χ3v) is 5.04. The molecule has 4 nitrogen and oxygen atoms in total. The largest absolute Gasteiger partial charge is 0.481 e. The molecule has 0 aromatic heterocycles. The van der Waals surface area contributed by atoms with Crippen molar-refractivity contribution in [1.29, 1.82) is 0 Å². The molecule has 1 amide bonds. The van der Waals surface area contributed by atoms with E-state index < -0.39 is 23.7 Å². The van der Waals surface area contributed by atoms with Crippen LogP contribution >= 0.6 is 11.6 Å². The van der Waals surface area contributed by atoms with Gasteiger partial charge in [0.05, 0.1) is 12.0 Å². The van der Waals surface area contributed by atoms with E-state index in [1.165, 1.54) is 12.1 Å². The Morgan fingerprint density at radius 3 is 2.35 bits per heavy atom. The smallest absolute Gasteiger partial charge is 0.306 e. The van der Waals surface area contributed by atoms with Crippen molar-refractivity contribution < 1.29 is 19.1 Å². The van der Waals surface area contributed by atoms with Crippen LogP contribution in [0, 0.1) is 17.7 Å². The van der Waals surface area contributed by atoms with Crippen LogP contribution in [0.2, 0.25) is 5.02 Å². The van der Waals surface area contributed by atoms with Crippen molar-refractivity contribution in [2.24, 2.45) is 11.8 Å². The van der Waals surface area contributed by atoms with Gasteiger partial charge >= 0.3 is 5.97 Å². The van der Waals surface area contributed by atoms with Crippen molar-refractivity contribution in [3.63, 3.8) is 0 Å². The molecule has 0 bridgehead atoms. The van der Waals surface area contributed by atoms with Gasteiger partial charge in [-0.2, -0.15) is 0 Å². The van der Waals surface area contributed by atoms with E-state index >= 15 is 0 Å². The van der Waals surface area contributed by atoms with E-state index in [0.717, 1.165) is 5.56 Å². The zero-order valence-corrected chi connectivity index (χ0v) is 14.7. The summed E-state index contributed by atoms with van der Waals surface area (Å²) < 4.78 is 13.7. The van der Waals surface area contributed by atoms with E-state index in [-0.39, 0.29) is 11.8 Å². The Morgan fingerprint density at radius 1 is 1.08 bits per heavy atom. The van der Waals surface area contributed by atoms with Crippen LogP contribution in [-0.4, -0.2) is 17.0 Å². The number of hydrogen-bond acceptors (Lipinski definition) is 2. The SMILES string of the molecule is O=C(O)[C@@H]1CC[C@H](C(=O)NC(c2cccc(F)c2)c2cccc(Cl)c2)C1. The molecule has 0 saturated heterocycles. The van der Waals surface area contributed by atoms with Gasteiger partial charge in [-0.15, -0.1) is 0 Å². The van der Waals surface area contributed by atoms with Crippen LogP contribution in [0.5, 0.6) is 0 Å². The predicted octanol–water partition coefficient (Wildman–Crippen LogP) is 4.19. The maximum absolute atomic E-state index is 13.7. The van der Waals surface area contributed by atoms with Crippen LogP contribution in [0.4, 0.5) is 4.39 Å². The number of hydrogen-bond donors (Lipinski definition) is 2. The normalized spacial score (nSPS) is 20.5. The van der Waals surface area contributed by atoms with E-state index in [1.807, 2.05) is 6.07 Å². The van der Waals surface area contributed by atoms with Crippen LogP contribution in [0.1, 0.15) is 36.4 Å². The molecule has 136 valence electrons. The van der Waals surface area contributed by atoms with Crippen LogP contribution in [0.25, 0.3) is 0 Å². The first-order valence-corrected chi connectivity index (χ1v) is 8.86. The highest BCUT2D eigenvalue weighted by Gasteiger charge is 2.34. The average molecular weight is 376 g/mol. The fourth-order valence-electron chi connectivity index (χ4n) is 3.44. The number of benzene rings is 2. The van der Waals surface area contributed by atoms with Gasteiger partial charge in [0.2, 0.25) is 5.91 Å². The third kappa shape index (κ3) is 4.22. The first kappa shape index (κ1) is 18.4. The zero-order chi connectivity index (χ0) is 18.7. The summed E-state index contributed by atoms with van der Waals surface area (Å²) in [5.74, 6) is -2.31. The lowest BCUT2D eigenvalue weighted by atomic mass is 9.97. The highest BCUT2D eigenvalue weighted by atomic mass is 35.5. The topological polar surface area (TPSA) is 66.4 Å². The van der Waals surface area contributed by atoms with Gasteiger partial charge in [0.25, 0.3) is 0 Å². The van der Waals surface area contributed by atoms with E-state index in [9.17, 15) is 14.0 Å². The second kappa shape index (κ2) is 7.87. The summed E-state index contributed by atoms with van der Waals surface area (Å²) in [7, 11) is 0. The van der Waals surface area contributed by atoms with Crippen molar-refractivity contribution in [3.8, 4) is 0 Å². The molecule has 1 saturated carbocycles. The third-order valence-electron chi connectivity index (χ3n) is 4.80. The molecule has 0 radical (unpaired) electrons. The van der Waals surface area contributed by atoms with Crippen molar-refractivity contribution in [3.05, 3.63) is 70.5 Å². The molecule has 26 heavy (non-hydrogen) atoms. The summed E-state index contributed by atoms with van der Waals surface area (Å²) in [6, 6.07) is 12.5. The molecule has 1 unspecified atom stereocenters. The number of nitrogens with one attached hydrogen (secondary N) is 1. The molecule has 3 rings (SSSR count). The Morgan fingerprint density at radius 2 is 1.73 bits per heavy atom. The van der Waals surface area contributed by atoms with Gasteiger partial charge in [-0.1, -0.05) is 35.9 Å². The van der Waals surface area contributed by atoms with Crippen LogP contribution < -0.4 is 5.32 Å². The molecule has 2 aromatic rings. The molecule has 0 spiro atoms. The highest BCUT2D eigenvalue weighted by Crippen LogP contribution is 2.33. The lowest BCUT2D eigenvalue weighted by Gasteiger charge is -2.22. The summed E-state index contributed by atoms with van der Waals surface area (Å²) in [4.78, 5) is 23.8. The Bertz CT molecular complexity index is 781. The molecule has 1 fully saturated rings. The molecule has 6 heteroatoms. The minimum absolute atomic E-state index is 0.219. The monoisotopic (exact) mass is 375 g/mol. The predicted molar refractivity (Wildman–Crippen MR) is 96.3 cm³/mol. The van der Waals surface area contributed by atoms with Crippen molar-refractivity contribution in [2.45, 2.75) is 25.3 Å². The van der Waals surface area contributed by atoms with Gasteiger partial charge < -0.3 is 10.4 Å². The quantitative estimate of drug-likeness (QED) is 0.823. The van der Waals surface area contributed by atoms with Gasteiger partial charge in [0.1, 0.15) is 5.82 Å². The van der Waals surface area contributed by atoms with E-state index in [1.54, 1.807) is 30.3 Å². The molecule has 0 heterocycles. The fourth-order valence-corrected chi connectivity index (χ4v) is 3.63. The number of carboxylic acid groups (broad SMARTS) is 1. The second-order valence-corrected chi connectivity index (χ2v) is 7.03. The number of carboxylic acids is 1. The Kier molecular flexibility index (Phi) is 5.57. The molecule has 1 aliphatic rings. The summed E-state index contributed by atoms with van der Waals surface area (Å²) in [5.41, 5.74) is 1.35. The number of carbonyl (C=O) groups is 2. The van der Waals surface area contributed by atoms with Crippen molar-refractivity contribution >= 4 is 23.5 Å². The minimum Gasteiger partial charge on any atom is -0.481 e. The van der Waals surface area contributed by atoms with E-state index in [4.69, 9.17) is 16.7 Å². The van der Waals surface area contributed by atoms with Crippen LogP contribution in [-0.2, 0) is 9.59 Å². The first-order valence-electron chi connectivity index (χ1n) is 8.48. The van der Waals surface area contributed by atoms with Gasteiger partial charge in [0, 0.05) is 10.9 Å². The molecular weight excluding hydrogens is 357 g/mol. The molecule has 3 atom stereocenters. The van der Waals surface area contributed by atoms with E-state index in [2.05, 4.69) is 5.32 Å². The summed E-state index contributed by atoms with van der Waals surface area (Å²) in [5, 5.41) is 12.6.